The van der Waals surface area contributed by atoms with Gasteiger partial charge in [0.1, 0.15) is 30.5 Å². The first-order valence-electron chi connectivity index (χ1n) is 7.09. The Kier molecular flexibility index (Phi) is 5.54. The van der Waals surface area contributed by atoms with E-state index in [4.69, 9.17) is 4.74 Å². The van der Waals surface area contributed by atoms with E-state index in [1.165, 1.54) is 6.08 Å². The summed E-state index contributed by atoms with van der Waals surface area (Å²) in [5.74, 6) is 0. The summed E-state index contributed by atoms with van der Waals surface area (Å²) >= 11 is 0. The fourth-order valence-corrected chi connectivity index (χ4v) is 2.84. The van der Waals surface area contributed by atoms with Crippen LogP contribution >= 0.6 is 0 Å². The summed E-state index contributed by atoms with van der Waals surface area (Å²) < 4.78 is 5.08. The van der Waals surface area contributed by atoms with Crippen LogP contribution in [-0.4, -0.2) is 97.4 Å². The lowest BCUT2D eigenvalue weighted by molar-refractivity contribution is -0.254. The first-order valence-corrected chi connectivity index (χ1v) is 7.09. The molecule has 8 N–H and O–H groups in total. The standard InChI is InChI=1S/C13H23NO8/c1-4-7(10(18)12(20)13(21)22-4)14-6-2-5(3-15)8(16)11(19)9(6)17/h2,4,6-21H,3H2,1H3/t4-,6+,7-,8-,9+,10+,11+,12-,13?/m1/s1. The van der Waals surface area contributed by atoms with Crippen molar-refractivity contribution in [1.82, 2.24) is 5.32 Å². The Morgan fingerprint density at radius 2 is 1.64 bits per heavy atom. The molecule has 1 saturated heterocycles. The van der Waals surface area contributed by atoms with Crippen LogP contribution in [0.5, 0.6) is 0 Å². The van der Waals surface area contributed by atoms with Crippen LogP contribution in [0.3, 0.4) is 0 Å². The molecule has 1 unspecified atom stereocenters. The lowest BCUT2D eigenvalue weighted by Crippen LogP contribution is -2.66. The zero-order chi connectivity index (χ0) is 16.6. The van der Waals surface area contributed by atoms with E-state index in [9.17, 15) is 35.7 Å². The topological polar surface area (TPSA) is 163 Å². The summed E-state index contributed by atoms with van der Waals surface area (Å²) in [5, 5.41) is 70.6. The van der Waals surface area contributed by atoms with Gasteiger partial charge in [0.15, 0.2) is 6.29 Å². The van der Waals surface area contributed by atoms with Crippen LogP contribution in [0.2, 0.25) is 0 Å². The summed E-state index contributed by atoms with van der Waals surface area (Å²) in [6, 6.07) is -1.72. The predicted octanol–water partition coefficient (Wildman–Crippen LogP) is -4.21. The van der Waals surface area contributed by atoms with E-state index in [-0.39, 0.29) is 5.57 Å². The Labute approximate surface area is 127 Å². The number of rotatable bonds is 3. The minimum absolute atomic E-state index is 0.134. The second-order valence-electron chi connectivity index (χ2n) is 5.76. The average Bonchev–Trinajstić information content (AvgIpc) is 2.49. The minimum atomic E-state index is -1.52. The van der Waals surface area contributed by atoms with Crippen molar-refractivity contribution in [2.45, 2.75) is 61.9 Å². The van der Waals surface area contributed by atoms with Crippen molar-refractivity contribution < 1.29 is 40.5 Å². The van der Waals surface area contributed by atoms with Crippen molar-refractivity contribution in [3.8, 4) is 0 Å². The summed E-state index contributed by atoms with van der Waals surface area (Å²) in [5.41, 5.74) is 0.134. The number of aliphatic hydroxyl groups excluding tert-OH is 7. The fraction of sp³-hybridized carbons (Fsp3) is 0.846. The Morgan fingerprint density at radius 1 is 1.00 bits per heavy atom. The van der Waals surface area contributed by atoms with Crippen molar-refractivity contribution in [3.63, 3.8) is 0 Å². The lowest BCUT2D eigenvalue weighted by Gasteiger charge is -2.43. The highest BCUT2D eigenvalue weighted by molar-refractivity contribution is 5.22. The molecule has 9 nitrogen and oxygen atoms in total. The highest BCUT2D eigenvalue weighted by atomic mass is 16.6. The molecular weight excluding hydrogens is 298 g/mol. The van der Waals surface area contributed by atoms with Crippen LogP contribution < -0.4 is 5.32 Å². The molecule has 0 radical (unpaired) electrons. The van der Waals surface area contributed by atoms with Gasteiger partial charge in [0, 0.05) is 0 Å². The van der Waals surface area contributed by atoms with Gasteiger partial charge in [-0.05, 0) is 12.5 Å². The number of hydrogen-bond donors (Lipinski definition) is 8. The van der Waals surface area contributed by atoms with E-state index < -0.39 is 61.6 Å². The van der Waals surface area contributed by atoms with E-state index in [1.54, 1.807) is 6.92 Å². The molecule has 1 aliphatic heterocycles. The van der Waals surface area contributed by atoms with Crippen LogP contribution in [0.25, 0.3) is 0 Å². The molecule has 0 amide bonds. The quantitative estimate of drug-likeness (QED) is 0.241. The number of nitrogens with one attached hydrogen (secondary N) is 1. The molecule has 22 heavy (non-hydrogen) atoms. The molecule has 0 aromatic heterocycles. The summed E-state index contributed by atoms with van der Waals surface area (Å²) in [4.78, 5) is 0. The normalized spacial score (nSPS) is 49.8. The van der Waals surface area contributed by atoms with Gasteiger partial charge < -0.3 is 45.8 Å². The maximum Gasteiger partial charge on any atom is 0.183 e. The maximum atomic E-state index is 10.0. The molecule has 1 heterocycles. The van der Waals surface area contributed by atoms with Gasteiger partial charge in [-0.2, -0.15) is 0 Å². The Bertz CT molecular complexity index is 419. The van der Waals surface area contributed by atoms with Gasteiger partial charge in [0.25, 0.3) is 0 Å². The summed E-state index contributed by atoms with van der Waals surface area (Å²) in [6.07, 6.45) is -7.99. The fourth-order valence-electron chi connectivity index (χ4n) is 2.84. The van der Waals surface area contributed by atoms with Crippen LogP contribution in [0.1, 0.15) is 6.92 Å². The molecule has 1 aliphatic carbocycles. The van der Waals surface area contributed by atoms with Crippen molar-refractivity contribution in [3.05, 3.63) is 11.6 Å². The Morgan fingerprint density at radius 3 is 2.23 bits per heavy atom. The third-order valence-electron chi connectivity index (χ3n) is 4.25. The highest BCUT2D eigenvalue weighted by Gasteiger charge is 2.45. The Balaban J connectivity index is 2.16. The second kappa shape index (κ2) is 6.87. The van der Waals surface area contributed by atoms with Gasteiger partial charge in [0.05, 0.1) is 24.8 Å². The molecule has 2 aliphatic rings. The SMILES string of the molecule is C[C@H]1OC(O)[C@H](O)[C@@H](O)[C@@H]1N[C@H]1C=C(CO)[C@@H](O)[C@H](O)[C@H]1O. The van der Waals surface area contributed by atoms with Crippen LogP contribution in [-0.2, 0) is 4.74 Å². The van der Waals surface area contributed by atoms with Gasteiger partial charge in [-0.3, -0.25) is 0 Å². The van der Waals surface area contributed by atoms with Crippen molar-refractivity contribution in [1.29, 1.82) is 0 Å². The molecule has 0 spiro atoms. The van der Waals surface area contributed by atoms with E-state index in [1.807, 2.05) is 0 Å². The Hall–Kier alpha value is -0.620. The maximum absolute atomic E-state index is 10.0. The van der Waals surface area contributed by atoms with Gasteiger partial charge in [-0.25, -0.2) is 0 Å². The zero-order valence-electron chi connectivity index (χ0n) is 12.0. The minimum Gasteiger partial charge on any atom is -0.392 e. The molecule has 0 saturated carbocycles. The number of aliphatic hydroxyl groups is 7. The predicted molar refractivity (Wildman–Crippen MR) is 72.5 cm³/mol. The van der Waals surface area contributed by atoms with E-state index in [0.717, 1.165) is 0 Å². The smallest absolute Gasteiger partial charge is 0.183 e. The third-order valence-corrected chi connectivity index (χ3v) is 4.25. The second-order valence-corrected chi connectivity index (χ2v) is 5.76. The van der Waals surface area contributed by atoms with Crippen LogP contribution in [0, 0.1) is 0 Å². The average molecular weight is 321 g/mol. The van der Waals surface area contributed by atoms with Crippen molar-refractivity contribution in [2.75, 3.05) is 6.61 Å². The summed E-state index contributed by atoms with van der Waals surface area (Å²) in [7, 11) is 0. The van der Waals surface area contributed by atoms with Gasteiger partial charge >= 0.3 is 0 Å². The van der Waals surface area contributed by atoms with Gasteiger partial charge in [0.2, 0.25) is 0 Å². The summed E-state index contributed by atoms with van der Waals surface area (Å²) in [6.45, 7) is 1.07. The largest absolute Gasteiger partial charge is 0.392 e. The lowest BCUT2D eigenvalue weighted by atomic mass is 9.86. The molecular formula is C13H23NO8. The van der Waals surface area contributed by atoms with Gasteiger partial charge in [-0.1, -0.05) is 6.08 Å². The third kappa shape index (κ3) is 3.18. The van der Waals surface area contributed by atoms with E-state index >= 15 is 0 Å². The van der Waals surface area contributed by atoms with Crippen LogP contribution in [0.4, 0.5) is 0 Å². The monoisotopic (exact) mass is 321 g/mol. The highest BCUT2D eigenvalue weighted by Crippen LogP contribution is 2.24. The molecule has 0 bridgehead atoms. The van der Waals surface area contributed by atoms with E-state index in [0.29, 0.717) is 0 Å². The van der Waals surface area contributed by atoms with Crippen LogP contribution in [0.15, 0.2) is 11.6 Å². The molecule has 0 aromatic rings. The van der Waals surface area contributed by atoms with E-state index in [2.05, 4.69) is 5.32 Å². The van der Waals surface area contributed by atoms with Gasteiger partial charge in [-0.15, -0.1) is 0 Å². The molecule has 2 rings (SSSR count). The first-order chi connectivity index (χ1) is 10.3. The number of ether oxygens (including phenoxy) is 1. The number of hydrogen-bond acceptors (Lipinski definition) is 9. The van der Waals surface area contributed by atoms with Crippen molar-refractivity contribution in [2.24, 2.45) is 0 Å². The molecule has 128 valence electrons. The first kappa shape index (κ1) is 17.7. The molecule has 9 atom stereocenters. The molecule has 9 heteroatoms. The molecule has 1 fully saturated rings. The molecule has 0 aromatic carbocycles. The zero-order valence-corrected chi connectivity index (χ0v) is 12.0. The van der Waals surface area contributed by atoms with Crippen molar-refractivity contribution >= 4 is 0 Å².